The number of ether oxygens (including phenoxy) is 2. The normalized spacial score (nSPS) is 18.1. The van der Waals surface area contributed by atoms with Crippen LogP contribution in [0.15, 0.2) is 12.3 Å². The number of aromatic nitrogens is 2. The Morgan fingerprint density at radius 3 is 3.20 bits per heavy atom. The summed E-state index contributed by atoms with van der Waals surface area (Å²) in [5, 5.41) is 2.75. The van der Waals surface area contributed by atoms with E-state index in [0.29, 0.717) is 31.5 Å². The fraction of sp³-hybridized carbons (Fsp3) is 0.615. The molecule has 0 aliphatic carbocycles. The average molecular weight is 280 g/mol. The standard InChI is InChI=1S/C13H20N4O3/c1-3-20-9-10-5-7-17(8-10)13(18)16-11-4-6-14-12(15-11)19-2/h4,6,10H,3,5,7-9H2,1-2H3,(H,14,15,16,18)/t10-/m0/s1. The van der Waals surface area contributed by atoms with Crippen molar-refractivity contribution in [1.29, 1.82) is 0 Å². The van der Waals surface area contributed by atoms with Crippen LogP contribution in [0.25, 0.3) is 0 Å². The second kappa shape index (κ2) is 7.04. The van der Waals surface area contributed by atoms with Gasteiger partial charge in [0.1, 0.15) is 5.82 Å². The number of urea groups is 1. The van der Waals surface area contributed by atoms with Gasteiger partial charge in [-0.1, -0.05) is 0 Å². The van der Waals surface area contributed by atoms with Crippen LogP contribution in [0, 0.1) is 5.92 Å². The smallest absolute Gasteiger partial charge is 0.323 e. The van der Waals surface area contributed by atoms with Crippen molar-refractivity contribution in [2.24, 2.45) is 5.92 Å². The van der Waals surface area contributed by atoms with E-state index in [2.05, 4.69) is 15.3 Å². The first kappa shape index (κ1) is 14.5. The number of carbonyl (C=O) groups is 1. The summed E-state index contributed by atoms with van der Waals surface area (Å²) in [6.07, 6.45) is 2.52. The molecule has 0 aromatic carbocycles. The monoisotopic (exact) mass is 280 g/mol. The van der Waals surface area contributed by atoms with E-state index in [1.165, 1.54) is 7.11 Å². The van der Waals surface area contributed by atoms with Gasteiger partial charge in [0, 0.05) is 31.8 Å². The van der Waals surface area contributed by atoms with Crippen LogP contribution in [-0.2, 0) is 4.74 Å². The molecule has 1 aliphatic rings. The maximum absolute atomic E-state index is 12.1. The molecule has 2 heterocycles. The van der Waals surface area contributed by atoms with Gasteiger partial charge in [-0.2, -0.15) is 4.98 Å². The Morgan fingerprint density at radius 1 is 1.60 bits per heavy atom. The van der Waals surface area contributed by atoms with Gasteiger partial charge < -0.3 is 14.4 Å². The molecule has 1 aromatic heterocycles. The highest BCUT2D eigenvalue weighted by atomic mass is 16.5. The number of anilines is 1. The zero-order valence-electron chi connectivity index (χ0n) is 11.8. The fourth-order valence-electron chi connectivity index (χ4n) is 2.14. The van der Waals surface area contributed by atoms with Gasteiger partial charge in [0.25, 0.3) is 0 Å². The lowest BCUT2D eigenvalue weighted by Gasteiger charge is -2.17. The van der Waals surface area contributed by atoms with Crippen LogP contribution in [0.2, 0.25) is 0 Å². The number of amides is 2. The molecule has 7 nitrogen and oxygen atoms in total. The molecule has 0 saturated carbocycles. The van der Waals surface area contributed by atoms with Crippen molar-refractivity contribution in [3.8, 4) is 6.01 Å². The number of hydrogen-bond acceptors (Lipinski definition) is 5. The summed E-state index contributed by atoms with van der Waals surface area (Å²) >= 11 is 0. The quantitative estimate of drug-likeness (QED) is 0.881. The van der Waals surface area contributed by atoms with Gasteiger partial charge in [-0.05, 0) is 19.4 Å². The number of hydrogen-bond donors (Lipinski definition) is 1. The van der Waals surface area contributed by atoms with Crippen molar-refractivity contribution in [2.45, 2.75) is 13.3 Å². The van der Waals surface area contributed by atoms with E-state index in [4.69, 9.17) is 9.47 Å². The van der Waals surface area contributed by atoms with Crippen LogP contribution in [0.5, 0.6) is 6.01 Å². The lowest BCUT2D eigenvalue weighted by Crippen LogP contribution is -2.33. The number of rotatable bonds is 5. The molecule has 110 valence electrons. The van der Waals surface area contributed by atoms with Crippen LogP contribution in [0.1, 0.15) is 13.3 Å². The van der Waals surface area contributed by atoms with Crippen LogP contribution in [0.4, 0.5) is 10.6 Å². The highest BCUT2D eigenvalue weighted by Gasteiger charge is 2.26. The maximum atomic E-state index is 12.1. The molecule has 1 atom stereocenters. The molecular formula is C13H20N4O3. The number of likely N-dealkylation sites (tertiary alicyclic amines) is 1. The van der Waals surface area contributed by atoms with Crippen LogP contribution >= 0.6 is 0 Å². The molecule has 1 aromatic rings. The van der Waals surface area contributed by atoms with E-state index in [1.807, 2.05) is 6.92 Å². The molecule has 7 heteroatoms. The molecule has 1 fully saturated rings. The number of methoxy groups -OCH3 is 1. The summed E-state index contributed by atoms with van der Waals surface area (Å²) in [5.41, 5.74) is 0. The van der Waals surface area contributed by atoms with E-state index < -0.39 is 0 Å². The minimum atomic E-state index is -0.148. The summed E-state index contributed by atoms with van der Waals surface area (Å²) in [6, 6.07) is 1.72. The summed E-state index contributed by atoms with van der Waals surface area (Å²) in [6.45, 7) is 4.85. The van der Waals surface area contributed by atoms with Crippen LogP contribution in [0.3, 0.4) is 0 Å². The van der Waals surface area contributed by atoms with Gasteiger partial charge in [0.2, 0.25) is 0 Å². The lowest BCUT2D eigenvalue weighted by molar-refractivity contribution is 0.113. The van der Waals surface area contributed by atoms with E-state index in [0.717, 1.165) is 13.0 Å². The average Bonchev–Trinajstić information content (AvgIpc) is 2.94. The Morgan fingerprint density at radius 2 is 2.45 bits per heavy atom. The second-order valence-corrected chi connectivity index (χ2v) is 4.62. The molecular weight excluding hydrogens is 260 g/mol. The maximum Gasteiger partial charge on any atom is 0.323 e. The molecule has 2 rings (SSSR count). The summed E-state index contributed by atoms with van der Waals surface area (Å²) < 4.78 is 10.3. The first-order valence-corrected chi connectivity index (χ1v) is 6.73. The van der Waals surface area contributed by atoms with Gasteiger partial charge in [-0.25, -0.2) is 9.78 Å². The highest BCUT2D eigenvalue weighted by molar-refractivity contribution is 5.88. The third-order valence-electron chi connectivity index (χ3n) is 3.18. The predicted molar refractivity (Wildman–Crippen MR) is 73.8 cm³/mol. The van der Waals surface area contributed by atoms with Crippen molar-refractivity contribution in [1.82, 2.24) is 14.9 Å². The fourth-order valence-corrected chi connectivity index (χ4v) is 2.14. The van der Waals surface area contributed by atoms with E-state index in [-0.39, 0.29) is 12.0 Å². The first-order valence-electron chi connectivity index (χ1n) is 6.73. The summed E-state index contributed by atoms with van der Waals surface area (Å²) in [4.78, 5) is 21.8. The van der Waals surface area contributed by atoms with Crippen LogP contribution < -0.4 is 10.1 Å². The van der Waals surface area contributed by atoms with Gasteiger partial charge in [0.05, 0.1) is 13.7 Å². The Kier molecular flexibility index (Phi) is 5.11. The van der Waals surface area contributed by atoms with Crippen molar-refractivity contribution >= 4 is 11.8 Å². The summed E-state index contributed by atoms with van der Waals surface area (Å²) in [7, 11) is 1.49. The molecule has 1 saturated heterocycles. The molecule has 0 radical (unpaired) electrons. The second-order valence-electron chi connectivity index (χ2n) is 4.62. The Balaban J connectivity index is 1.86. The zero-order valence-corrected chi connectivity index (χ0v) is 11.8. The van der Waals surface area contributed by atoms with Crippen molar-refractivity contribution in [3.05, 3.63) is 12.3 Å². The van der Waals surface area contributed by atoms with Gasteiger partial charge in [0.15, 0.2) is 0 Å². The largest absolute Gasteiger partial charge is 0.467 e. The molecule has 2 amide bonds. The summed E-state index contributed by atoms with van der Waals surface area (Å²) in [5.74, 6) is 0.857. The van der Waals surface area contributed by atoms with E-state index in [9.17, 15) is 4.79 Å². The lowest BCUT2D eigenvalue weighted by atomic mass is 10.1. The minimum Gasteiger partial charge on any atom is -0.467 e. The topological polar surface area (TPSA) is 76.6 Å². The van der Waals surface area contributed by atoms with Crippen molar-refractivity contribution in [3.63, 3.8) is 0 Å². The first-order chi connectivity index (χ1) is 9.72. The van der Waals surface area contributed by atoms with Gasteiger partial charge in [-0.3, -0.25) is 5.32 Å². The predicted octanol–water partition coefficient (Wildman–Crippen LogP) is 1.38. The molecule has 1 aliphatic heterocycles. The Labute approximate surface area is 118 Å². The van der Waals surface area contributed by atoms with Gasteiger partial charge >= 0.3 is 12.0 Å². The molecule has 20 heavy (non-hydrogen) atoms. The van der Waals surface area contributed by atoms with E-state index in [1.54, 1.807) is 17.2 Å². The molecule has 0 bridgehead atoms. The number of nitrogens with zero attached hydrogens (tertiary/aromatic N) is 3. The van der Waals surface area contributed by atoms with E-state index >= 15 is 0 Å². The third kappa shape index (κ3) is 3.80. The van der Waals surface area contributed by atoms with Gasteiger partial charge in [-0.15, -0.1) is 0 Å². The molecule has 1 N–H and O–H groups in total. The molecule has 0 spiro atoms. The number of carbonyl (C=O) groups excluding carboxylic acids is 1. The van der Waals surface area contributed by atoms with Crippen molar-refractivity contribution in [2.75, 3.05) is 38.7 Å². The van der Waals surface area contributed by atoms with Crippen molar-refractivity contribution < 1.29 is 14.3 Å². The molecule has 0 unspecified atom stereocenters. The van der Waals surface area contributed by atoms with Crippen LogP contribution in [-0.4, -0.2) is 54.3 Å². The minimum absolute atomic E-state index is 0.148. The Hall–Kier alpha value is -1.89. The SMILES string of the molecule is CCOC[C@H]1CCN(C(=O)Nc2ccnc(OC)n2)C1. The number of nitrogens with one attached hydrogen (secondary N) is 1. The Bertz CT molecular complexity index is 455. The third-order valence-corrected chi connectivity index (χ3v) is 3.18. The zero-order chi connectivity index (χ0) is 14.4. The highest BCUT2D eigenvalue weighted by Crippen LogP contribution is 2.18.